The zero-order valence-electron chi connectivity index (χ0n) is 16.4. The summed E-state index contributed by atoms with van der Waals surface area (Å²) in [6, 6.07) is 7.98. The number of hydrogen-bond donors (Lipinski definition) is 0. The van der Waals surface area contributed by atoms with Gasteiger partial charge in [0.1, 0.15) is 0 Å². The van der Waals surface area contributed by atoms with Gasteiger partial charge in [0, 0.05) is 30.4 Å². The Morgan fingerprint density at radius 2 is 1.79 bits per heavy atom. The summed E-state index contributed by atoms with van der Waals surface area (Å²) in [7, 11) is 0. The van der Waals surface area contributed by atoms with Crippen LogP contribution >= 0.6 is 0 Å². The fourth-order valence-corrected chi connectivity index (χ4v) is 4.84. The summed E-state index contributed by atoms with van der Waals surface area (Å²) < 4.78 is 1.95. The summed E-state index contributed by atoms with van der Waals surface area (Å²) in [4.78, 5) is 6.88. The van der Waals surface area contributed by atoms with Crippen LogP contribution in [0, 0.1) is 5.92 Å². The van der Waals surface area contributed by atoms with Gasteiger partial charge in [0.05, 0.1) is 5.69 Å². The van der Waals surface area contributed by atoms with Crippen LogP contribution in [0.5, 0.6) is 0 Å². The van der Waals surface area contributed by atoms with Gasteiger partial charge in [0.15, 0.2) is 11.5 Å². The van der Waals surface area contributed by atoms with Gasteiger partial charge in [-0.25, -0.2) is 0 Å². The third kappa shape index (κ3) is 3.65. The number of likely N-dealkylation sites (tertiary alicyclic amines) is 1. The van der Waals surface area contributed by atoms with Gasteiger partial charge in [-0.2, -0.15) is 9.61 Å². The van der Waals surface area contributed by atoms with E-state index in [4.69, 9.17) is 5.10 Å². The van der Waals surface area contributed by atoms with Crippen molar-refractivity contribution in [3.63, 3.8) is 0 Å². The van der Waals surface area contributed by atoms with E-state index >= 15 is 0 Å². The molecule has 0 aromatic carbocycles. The Kier molecular flexibility index (Phi) is 5.04. The van der Waals surface area contributed by atoms with E-state index in [0.717, 1.165) is 41.5 Å². The second kappa shape index (κ2) is 7.95. The molecule has 1 saturated heterocycles. The fourth-order valence-electron chi connectivity index (χ4n) is 4.84. The number of pyridine rings is 1. The molecule has 2 aliphatic rings. The van der Waals surface area contributed by atoms with Crippen molar-refractivity contribution >= 4 is 5.65 Å². The first kappa shape index (κ1) is 17.7. The average Bonchev–Trinajstić information content (AvgIpc) is 3.19. The summed E-state index contributed by atoms with van der Waals surface area (Å²) in [5.74, 6) is 2.37. The van der Waals surface area contributed by atoms with E-state index in [1.165, 1.54) is 51.7 Å². The van der Waals surface area contributed by atoms with Crippen molar-refractivity contribution in [2.45, 2.75) is 50.9 Å². The fraction of sp³-hybridized carbons (Fsp3) is 0.545. The van der Waals surface area contributed by atoms with Crippen molar-refractivity contribution < 1.29 is 0 Å². The largest absolute Gasteiger partial charge is 0.303 e. The van der Waals surface area contributed by atoms with Crippen molar-refractivity contribution in [1.29, 1.82) is 0 Å². The van der Waals surface area contributed by atoms with Crippen LogP contribution in [0.2, 0.25) is 0 Å². The molecule has 0 spiro atoms. The Morgan fingerprint density at radius 3 is 2.57 bits per heavy atom. The van der Waals surface area contributed by atoms with Gasteiger partial charge in [0.2, 0.25) is 0 Å². The lowest BCUT2D eigenvalue weighted by molar-refractivity contribution is 0.161. The smallest absolute Gasteiger partial charge is 0.177 e. The summed E-state index contributed by atoms with van der Waals surface area (Å²) in [5.41, 5.74) is 2.76. The van der Waals surface area contributed by atoms with Crippen molar-refractivity contribution in [3.8, 4) is 11.3 Å². The lowest BCUT2D eigenvalue weighted by Crippen LogP contribution is -2.37. The second-order valence-electron chi connectivity index (χ2n) is 8.37. The first-order valence-electron chi connectivity index (χ1n) is 10.7. The molecule has 0 atom stereocenters. The third-order valence-electron chi connectivity index (χ3n) is 6.44. The lowest BCUT2D eigenvalue weighted by Gasteiger charge is -2.34. The molecular formula is C22H28N6. The molecule has 6 heteroatoms. The molecule has 4 heterocycles. The van der Waals surface area contributed by atoms with Crippen LogP contribution in [0.15, 0.2) is 36.7 Å². The van der Waals surface area contributed by atoms with Crippen molar-refractivity contribution in [1.82, 2.24) is 29.7 Å². The molecule has 1 aliphatic carbocycles. The van der Waals surface area contributed by atoms with Gasteiger partial charge in [-0.15, -0.1) is 10.2 Å². The van der Waals surface area contributed by atoms with E-state index in [1.807, 2.05) is 35.0 Å². The molecule has 28 heavy (non-hydrogen) atoms. The van der Waals surface area contributed by atoms with Crippen LogP contribution in [0.25, 0.3) is 16.9 Å². The average molecular weight is 377 g/mol. The number of rotatable bonds is 4. The molecule has 0 amide bonds. The maximum absolute atomic E-state index is 4.83. The SMILES string of the molecule is c1cncc(-c2ccc3nnc(C4CCN(CC5CCCCC5)CC4)n3n2)c1. The minimum atomic E-state index is 0.439. The lowest BCUT2D eigenvalue weighted by atomic mass is 9.88. The van der Waals surface area contributed by atoms with Gasteiger partial charge < -0.3 is 4.90 Å². The van der Waals surface area contributed by atoms with Crippen LogP contribution in [-0.4, -0.2) is 49.3 Å². The van der Waals surface area contributed by atoms with Crippen LogP contribution < -0.4 is 0 Å². The van der Waals surface area contributed by atoms with Crippen LogP contribution in [0.3, 0.4) is 0 Å². The molecule has 3 aromatic heterocycles. The predicted molar refractivity (Wildman–Crippen MR) is 109 cm³/mol. The first-order valence-corrected chi connectivity index (χ1v) is 10.7. The monoisotopic (exact) mass is 376 g/mol. The number of hydrogen-bond acceptors (Lipinski definition) is 5. The summed E-state index contributed by atoms with van der Waals surface area (Å²) in [6.07, 6.45) is 13.1. The quantitative estimate of drug-likeness (QED) is 0.690. The molecule has 0 radical (unpaired) electrons. The van der Waals surface area contributed by atoms with Crippen molar-refractivity contribution in [2.75, 3.05) is 19.6 Å². The standard InChI is InChI=1S/C22H28N6/c1-2-5-17(6-3-1)16-27-13-10-18(11-14-27)22-25-24-21-9-8-20(26-28(21)22)19-7-4-12-23-15-19/h4,7-9,12,15,17-18H,1-3,5-6,10-11,13-14,16H2. The Bertz CT molecular complexity index is 907. The van der Waals surface area contributed by atoms with Crippen molar-refractivity contribution in [2.24, 2.45) is 5.92 Å². The molecule has 2 fully saturated rings. The first-order chi connectivity index (χ1) is 13.9. The molecule has 5 rings (SSSR count). The molecule has 1 saturated carbocycles. The number of fused-ring (bicyclic) bond motifs is 1. The third-order valence-corrected chi connectivity index (χ3v) is 6.44. The minimum absolute atomic E-state index is 0.439. The Balaban J connectivity index is 1.30. The zero-order valence-corrected chi connectivity index (χ0v) is 16.4. The van der Waals surface area contributed by atoms with Gasteiger partial charge >= 0.3 is 0 Å². The Hall–Kier alpha value is -2.34. The molecule has 1 aliphatic heterocycles. The highest BCUT2D eigenvalue weighted by molar-refractivity contribution is 5.58. The van der Waals surface area contributed by atoms with Gasteiger partial charge in [0.25, 0.3) is 0 Å². The van der Waals surface area contributed by atoms with E-state index in [-0.39, 0.29) is 0 Å². The van der Waals surface area contributed by atoms with Crippen LogP contribution in [0.4, 0.5) is 0 Å². The molecule has 0 N–H and O–H groups in total. The van der Waals surface area contributed by atoms with Crippen LogP contribution in [-0.2, 0) is 0 Å². The number of nitrogens with zero attached hydrogens (tertiary/aromatic N) is 6. The van der Waals surface area contributed by atoms with Crippen molar-refractivity contribution in [3.05, 3.63) is 42.5 Å². The minimum Gasteiger partial charge on any atom is -0.303 e. The maximum atomic E-state index is 4.83. The van der Waals surface area contributed by atoms with E-state index in [9.17, 15) is 0 Å². The molecule has 3 aromatic rings. The molecule has 0 unspecified atom stereocenters. The number of piperidine rings is 1. The van der Waals surface area contributed by atoms with E-state index < -0.39 is 0 Å². The van der Waals surface area contributed by atoms with E-state index in [0.29, 0.717) is 5.92 Å². The zero-order chi connectivity index (χ0) is 18.8. The highest BCUT2D eigenvalue weighted by Crippen LogP contribution is 2.30. The predicted octanol–water partition coefficient (Wildman–Crippen LogP) is 3.95. The van der Waals surface area contributed by atoms with Gasteiger partial charge in [-0.3, -0.25) is 4.98 Å². The molecular weight excluding hydrogens is 348 g/mol. The Labute approximate surface area is 166 Å². The highest BCUT2D eigenvalue weighted by Gasteiger charge is 2.27. The second-order valence-corrected chi connectivity index (χ2v) is 8.37. The molecule has 6 nitrogen and oxygen atoms in total. The Morgan fingerprint density at radius 1 is 0.929 bits per heavy atom. The highest BCUT2D eigenvalue weighted by atomic mass is 15.4. The summed E-state index contributed by atoms with van der Waals surface area (Å²) >= 11 is 0. The summed E-state index contributed by atoms with van der Waals surface area (Å²) in [6.45, 7) is 3.62. The topological polar surface area (TPSA) is 59.2 Å². The van der Waals surface area contributed by atoms with E-state index in [1.54, 1.807) is 6.20 Å². The van der Waals surface area contributed by atoms with E-state index in [2.05, 4.69) is 20.1 Å². The maximum Gasteiger partial charge on any atom is 0.177 e. The van der Waals surface area contributed by atoms with Gasteiger partial charge in [-0.05, 0) is 69.0 Å². The van der Waals surface area contributed by atoms with Crippen LogP contribution in [0.1, 0.15) is 56.7 Å². The summed E-state index contributed by atoms with van der Waals surface area (Å²) in [5, 5.41) is 13.7. The molecule has 0 bridgehead atoms. The molecule has 146 valence electrons. The van der Waals surface area contributed by atoms with Gasteiger partial charge in [-0.1, -0.05) is 19.3 Å². The number of aromatic nitrogens is 5. The normalized spacial score (nSPS) is 20.0.